The Morgan fingerprint density at radius 2 is 1.81 bits per heavy atom. The van der Waals surface area contributed by atoms with Crippen molar-refractivity contribution in [3.05, 3.63) is 78.9 Å². The summed E-state index contributed by atoms with van der Waals surface area (Å²) in [7, 11) is 3.22. The Balaban J connectivity index is 1.66. The van der Waals surface area contributed by atoms with Gasteiger partial charge in [0.05, 0.1) is 36.1 Å². The molecule has 0 aromatic heterocycles. The molecule has 0 saturated carbocycles. The number of carbonyl (C=O) groups excluding carboxylic acids is 3. The molecule has 0 saturated heterocycles. The van der Waals surface area contributed by atoms with Gasteiger partial charge in [-0.05, 0) is 30.5 Å². The number of urea groups is 1. The van der Waals surface area contributed by atoms with Crippen LogP contribution in [0.3, 0.4) is 0 Å². The number of carbonyl (C=O) groups is 3. The van der Waals surface area contributed by atoms with Crippen molar-refractivity contribution < 1.29 is 28.6 Å². The highest BCUT2D eigenvalue weighted by Gasteiger charge is 2.35. The van der Waals surface area contributed by atoms with Crippen LogP contribution in [-0.2, 0) is 9.47 Å². The highest BCUT2D eigenvalue weighted by molar-refractivity contribution is 6.08. The van der Waals surface area contributed by atoms with Crippen molar-refractivity contribution >= 4 is 40.2 Å². The number of likely N-dealkylation sites (N-methyl/N-ethyl adjacent to an activating group) is 1. The van der Waals surface area contributed by atoms with Crippen molar-refractivity contribution in [2.45, 2.75) is 26.0 Å². The van der Waals surface area contributed by atoms with E-state index in [0.29, 0.717) is 30.1 Å². The molecular formula is C32H38N4O6. The first-order valence-corrected chi connectivity index (χ1v) is 13.9. The topological polar surface area (TPSA) is 109 Å². The summed E-state index contributed by atoms with van der Waals surface area (Å²) in [5.74, 6) is -0.195. The summed E-state index contributed by atoms with van der Waals surface area (Å²) in [5.41, 5.74) is 1.27. The largest absolute Gasteiger partial charge is 0.485 e. The predicted molar refractivity (Wildman–Crippen MR) is 163 cm³/mol. The number of rotatable bonds is 9. The smallest absolute Gasteiger partial charge is 0.409 e. The number of ether oxygens (including phenoxy) is 3. The molecule has 3 atom stereocenters. The number of nitrogens with one attached hydrogen (secondary N) is 2. The van der Waals surface area contributed by atoms with Gasteiger partial charge in [0, 0.05) is 32.0 Å². The maximum absolute atomic E-state index is 13.9. The number of amides is 4. The molecule has 3 aromatic rings. The summed E-state index contributed by atoms with van der Waals surface area (Å²) in [4.78, 5) is 42.8. The normalized spacial score (nSPS) is 17.2. The second kappa shape index (κ2) is 13.9. The van der Waals surface area contributed by atoms with Gasteiger partial charge in [-0.3, -0.25) is 4.79 Å². The summed E-state index contributed by atoms with van der Waals surface area (Å²) in [6.45, 7) is 8.46. The molecular weight excluding hydrogens is 536 g/mol. The van der Waals surface area contributed by atoms with Crippen LogP contribution in [0.15, 0.2) is 73.3 Å². The highest BCUT2D eigenvalue weighted by Crippen LogP contribution is 2.35. The first kappa shape index (κ1) is 30.4. The van der Waals surface area contributed by atoms with E-state index in [0.717, 1.165) is 10.8 Å². The summed E-state index contributed by atoms with van der Waals surface area (Å²) in [5, 5.41) is 7.68. The van der Waals surface area contributed by atoms with Gasteiger partial charge in [0.2, 0.25) is 0 Å². The third-order valence-corrected chi connectivity index (χ3v) is 7.21. The zero-order valence-corrected chi connectivity index (χ0v) is 24.5. The molecule has 10 heteroatoms. The van der Waals surface area contributed by atoms with E-state index in [2.05, 4.69) is 17.2 Å². The van der Waals surface area contributed by atoms with Crippen LogP contribution in [0.4, 0.5) is 21.0 Å². The Morgan fingerprint density at radius 3 is 2.57 bits per heavy atom. The van der Waals surface area contributed by atoms with Gasteiger partial charge in [0.25, 0.3) is 5.91 Å². The summed E-state index contributed by atoms with van der Waals surface area (Å²) < 4.78 is 17.0. The number of para-hydroxylation sites is 1. The van der Waals surface area contributed by atoms with Crippen LogP contribution in [0.1, 0.15) is 24.2 Å². The van der Waals surface area contributed by atoms with Crippen molar-refractivity contribution in [2.75, 3.05) is 51.1 Å². The maximum atomic E-state index is 13.9. The van der Waals surface area contributed by atoms with Gasteiger partial charge in [-0.25, -0.2) is 9.59 Å². The van der Waals surface area contributed by atoms with E-state index >= 15 is 0 Å². The van der Waals surface area contributed by atoms with Gasteiger partial charge in [0.1, 0.15) is 12.7 Å². The quantitative estimate of drug-likeness (QED) is 0.322. The molecule has 42 heavy (non-hydrogen) atoms. The average Bonchev–Trinajstić information content (AvgIpc) is 2.98. The Hall–Kier alpha value is -4.57. The fourth-order valence-corrected chi connectivity index (χ4v) is 4.99. The van der Waals surface area contributed by atoms with Crippen LogP contribution >= 0.6 is 0 Å². The lowest BCUT2D eigenvalue weighted by Gasteiger charge is -2.38. The van der Waals surface area contributed by atoms with E-state index in [-0.39, 0.29) is 36.8 Å². The number of methoxy groups -OCH3 is 1. The maximum Gasteiger partial charge on any atom is 0.409 e. The molecule has 10 nitrogen and oxygen atoms in total. The molecule has 1 aliphatic rings. The standard InChI is InChI=1S/C32H38N4O6/c1-6-17-41-32(39)35(4)19-28-21(2)18-36(22(3)20-40-5)30(37)25-14-10-16-27(29(25)42-28)34-31(38)33-26-15-9-12-23-11-7-8-13-24(23)26/h6-16,21-22,28H,1,17-20H2,2-5H3,(H2,33,34,38)/t21-,22+,28+/m1/s1. The average molecular weight is 575 g/mol. The first-order valence-electron chi connectivity index (χ1n) is 13.9. The molecule has 0 aliphatic carbocycles. The van der Waals surface area contributed by atoms with Crippen LogP contribution in [0.25, 0.3) is 10.8 Å². The van der Waals surface area contributed by atoms with E-state index in [1.54, 1.807) is 37.3 Å². The molecule has 222 valence electrons. The number of benzene rings is 3. The molecule has 3 aromatic carbocycles. The third kappa shape index (κ3) is 7.01. The zero-order chi connectivity index (χ0) is 30.2. The fraction of sp³-hybridized carbons (Fsp3) is 0.344. The second-order valence-electron chi connectivity index (χ2n) is 10.4. The van der Waals surface area contributed by atoms with Gasteiger partial charge in [-0.15, -0.1) is 0 Å². The fourth-order valence-electron chi connectivity index (χ4n) is 4.99. The summed E-state index contributed by atoms with van der Waals surface area (Å²) >= 11 is 0. The van der Waals surface area contributed by atoms with E-state index < -0.39 is 18.2 Å². The monoisotopic (exact) mass is 574 g/mol. The molecule has 0 unspecified atom stereocenters. The van der Waals surface area contributed by atoms with Crippen molar-refractivity contribution in [3.63, 3.8) is 0 Å². The predicted octanol–water partition coefficient (Wildman–Crippen LogP) is 5.61. The van der Waals surface area contributed by atoms with Crippen molar-refractivity contribution in [1.82, 2.24) is 9.80 Å². The Morgan fingerprint density at radius 1 is 1.12 bits per heavy atom. The van der Waals surface area contributed by atoms with Gasteiger partial charge in [-0.2, -0.15) is 0 Å². The molecule has 0 bridgehead atoms. The van der Waals surface area contributed by atoms with Crippen LogP contribution in [0, 0.1) is 5.92 Å². The molecule has 0 spiro atoms. The van der Waals surface area contributed by atoms with E-state index in [1.165, 1.54) is 11.0 Å². The molecule has 4 amide bonds. The Kier molecular flexibility index (Phi) is 10.0. The third-order valence-electron chi connectivity index (χ3n) is 7.21. The van der Waals surface area contributed by atoms with Gasteiger partial charge < -0.3 is 34.6 Å². The van der Waals surface area contributed by atoms with E-state index in [1.807, 2.05) is 56.3 Å². The SMILES string of the molecule is C=CCOC(=O)N(C)C[C@@H]1Oc2c(NC(=O)Nc3cccc4ccccc34)cccc2C(=O)N([C@@H](C)COC)C[C@H]1C. The van der Waals surface area contributed by atoms with Crippen LogP contribution in [-0.4, -0.2) is 80.4 Å². The minimum Gasteiger partial charge on any atom is -0.485 e. The lowest BCUT2D eigenvalue weighted by atomic mass is 9.99. The lowest BCUT2D eigenvalue weighted by Crippen LogP contribution is -2.50. The lowest BCUT2D eigenvalue weighted by molar-refractivity contribution is 0.0292. The highest BCUT2D eigenvalue weighted by atomic mass is 16.6. The first-order chi connectivity index (χ1) is 20.2. The summed E-state index contributed by atoms with van der Waals surface area (Å²) in [6, 6.07) is 17.8. The molecule has 4 rings (SSSR count). The van der Waals surface area contributed by atoms with Crippen LogP contribution < -0.4 is 15.4 Å². The number of hydrogen-bond donors (Lipinski definition) is 2. The van der Waals surface area contributed by atoms with Crippen molar-refractivity contribution in [2.24, 2.45) is 5.92 Å². The number of anilines is 2. The Bertz CT molecular complexity index is 1440. The van der Waals surface area contributed by atoms with Crippen molar-refractivity contribution in [1.29, 1.82) is 0 Å². The van der Waals surface area contributed by atoms with E-state index in [4.69, 9.17) is 14.2 Å². The molecule has 1 heterocycles. The molecule has 2 N–H and O–H groups in total. The minimum absolute atomic E-state index is 0.0871. The second-order valence-corrected chi connectivity index (χ2v) is 10.4. The summed E-state index contributed by atoms with van der Waals surface area (Å²) in [6.07, 6.45) is 0.452. The minimum atomic E-state index is -0.528. The van der Waals surface area contributed by atoms with Gasteiger partial charge >= 0.3 is 12.1 Å². The van der Waals surface area contributed by atoms with Gasteiger partial charge in [0.15, 0.2) is 5.75 Å². The zero-order valence-electron chi connectivity index (χ0n) is 24.5. The van der Waals surface area contributed by atoms with Crippen LogP contribution in [0.5, 0.6) is 5.75 Å². The van der Waals surface area contributed by atoms with Crippen LogP contribution in [0.2, 0.25) is 0 Å². The van der Waals surface area contributed by atoms with Gasteiger partial charge in [-0.1, -0.05) is 62.0 Å². The number of fused-ring (bicyclic) bond motifs is 2. The molecule has 0 radical (unpaired) electrons. The van der Waals surface area contributed by atoms with Crippen molar-refractivity contribution in [3.8, 4) is 5.75 Å². The Labute approximate surface area is 246 Å². The molecule has 1 aliphatic heterocycles. The van der Waals surface area contributed by atoms with E-state index in [9.17, 15) is 14.4 Å². The molecule has 0 fully saturated rings. The number of hydrogen-bond acceptors (Lipinski definition) is 6. The number of nitrogens with zero attached hydrogens (tertiary/aromatic N) is 2.